The molecule has 1 aliphatic heterocycles. The first-order valence-corrected chi connectivity index (χ1v) is 11.3. The van der Waals surface area contributed by atoms with Gasteiger partial charge < -0.3 is 15.4 Å². The minimum absolute atomic E-state index is 0.0649. The second-order valence-electron chi connectivity index (χ2n) is 7.99. The Morgan fingerprint density at radius 3 is 2.31 bits per heavy atom. The smallest absolute Gasteiger partial charge is 0.283 e. The van der Waals surface area contributed by atoms with Gasteiger partial charge in [-0.1, -0.05) is 35.3 Å². The summed E-state index contributed by atoms with van der Waals surface area (Å²) in [5.41, 5.74) is 3.32. The molecular formula is C26H21Cl2N3O4. The molecule has 178 valence electrons. The number of anilines is 3. The Balaban J connectivity index is 1.56. The molecule has 4 rings (SSSR count). The molecule has 0 saturated carbocycles. The van der Waals surface area contributed by atoms with Crippen LogP contribution in [-0.2, 0) is 9.59 Å². The van der Waals surface area contributed by atoms with Crippen LogP contribution in [0.5, 0.6) is 5.75 Å². The lowest BCUT2D eigenvalue weighted by molar-refractivity contribution is -0.120. The maximum absolute atomic E-state index is 13.1. The molecule has 0 unspecified atom stereocenters. The van der Waals surface area contributed by atoms with Gasteiger partial charge in [-0.3, -0.25) is 14.4 Å². The van der Waals surface area contributed by atoms with E-state index in [1.807, 2.05) is 19.9 Å². The van der Waals surface area contributed by atoms with E-state index in [9.17, 15) is 14.4 Å². The fourth-order valence-electron chi connectivity index (χ4n) is 3.78. The average molecular weight is 510 g/mol. The first-order valence-electron chi connectivity index (χ1n) is 10.6. The third kappa shape index (κ3) is 5.01. The van der Waals surface area contributed by atoms with Crippen LogP contribution >= 0.6 is 23.2 Å². The van der Waals surface area contributed by atoms with Gasteiger partial charge in [0, 0.05) is 16.3 Å². The summed E-state index contributed by atoms with van der Waals surface area (Å²) in [7, 11) is 1.49. The molecule has 0 aliphatic carbocycles. The highest BCUT2D eigenvalue weighted by atomic mass is 35.5. The Kier molecular flexibility index (Phi) is 6.82. The summed E-state index contributed by atoms with van der Waals surface area (Å²) in [4.78, 5) is 39.8. The molecule has 35 heavy (non-hydrogen) atoms. The Labute approximate surface area is 212 Å². The molecule has 2 N–H and O–H groups in total. The number of rotatable bonds is 6. The van der Waals surface area contributed by atoms with Gasteiger partial charge in [0.1, 0.15) is 16.5 Å². The normalized spacial score (nSPS) is 13.3. The minimum atomic E-state index is -0.619. The van der Waals surface area contributed by atoms with Crippen molar-refractivity contribution in [1.29, 1.82) is 0 Å². The highest BCUT2D eigenvalue weighted by molar-refractivity contribution is 6.53. The first kappa shape index (κ1) is 24.3. The second kappa shape index (κ2) is 9.82. The maximum atomic E-state index is 13.1. The van der Waals surface area contributed by atoms with Crippen molar-refractivity contribution < 1.29 is 19.1 Å². The third-order valence-corrected chi connectivity index (χ3v) is 5.88. The monoisotopic (exact) mass is 509 g/mol. The van der Waals surface area contributed by atoms with E-state index in [0.29, 0.717) is 33.4 Å². The SMILES string of the molecule is COc1ccc(Cl)cc1NC(=O)c1cccc(NC2=C(Cl)C(=O)N(c3cc(C)cc(C)c3)C2=O)c1. The summed E-state index contributed by atoms with van der Waals surface area (Å²) in [5, 5.41) is 5.87. The molecule has 0 atom stereocenters. The number of ether oxygens (including phenoxy) is 1. The summed E-state index contributed by atoms with van der Waals surface area (Å²) >= 11 is 12.3. The number of benzene rings is 3. The van der Waals surface area contributed by atoms with Crippen molar-refractivity contribution in [2.75, 3.05) is 22.6 Å². The Hall–Kier alpha value is -3.81. The molecule has 7 nitrogen and oxygen atoms in total. The molecule has 9 heteroatoms. The van der Waals surface area contributed by atoms with Gasteiger partial charge in [-0.15, -0.1) is 0 Å². The number of imide groups is 1. The summed E-state index contributed by atoms with van der Waals surface area (Å²) in [6.45, 7) is 3.76. The van der Waals surface area contributed by atoms with E-state index in [1.165, 1.54) is 7.11 Å². The van der Waals surface area contributed by atoms with E-state index in [0.717, 1.165) is 16.0 Å². The Morgan fingerprint density at radius 2 is 1.63 bits per heavy atom. The van der Waals surface area contributed by atoms with Gasteiger partial charge in [-0.25, -0.2) is 4.90 Å². The molecule has 0 spiro atoms. The van der Waals surface area contributed by atoms with E-state index in [1.54, 1.807) is 54.6 Å². The molecular weight excluding hydrogens is 489 g/mol. The van der Waals surface area contributed by atoms with Gasteiger partial charge in [-0.2, -0.15) is 0 Å². The predicted molar refractivity (Wildman–Crippen MR) is 137 cm³/mol. The van der Waals surface area contributed by atoms with Gasteiger partial charge in [0.05, 0.1) is 18.5 Å². The number of carbonyl (C=O) groups is 3. The average Bonchev–Trinajstić information content (AvgIpc) is 3.02. The zero-order valence-electron chi connectivity index (χ0n) is 19.1. The number of halogens is 2. The standard InChI is InChI=1S/C26H21Cl2N3O4/c1-14-9-15(2)11-19(10-14)31-25(33)22(28)23(26(31)34)29-18-6-4-5-16(12-18)24(32)30-20-13-17(27)7-8-21(20)35-3/h4-13,29H,1-3H3,(H,30,32). The molecule has 0 aromatic heterocycles. The second-order valence-corrected chi connectivity index (χ2v) is 8.80. The van der Waals surface area contributed by atoms with Crippen molar-refractivity contribution in [3.05, 3.63) is 93.1 Å². The molecule has 3 amide bonds. The zero-order valence-corrected chi connectivity index (χ0v) is 20.6. The number of nitrogens with one attached hydrogen (secondary N) is 2. The number of nitrogens with zero attached hydrogens (tertiary/aromatic N) is 1. The predicted octanol–water partition coefficient (Wildman–Crippen LogP) is 5.65. The van der Waals surface area contributed by atoms with Crippen LogP contribution < -0.4 is 20.3 Å². The third-order valence-electron chi connectivity index (χ3n) is 5.30. The highest BCUT2D eigenvalue weighted by Crippen LogP contribution is 2.32. The van der Waals surface area contributed by atoms with Crippen LogP contribution in [0.4, 0.5) is 17.1 Å². The lowest BCUT2D eigenvalue weighted by Gasteiger charge is -2.16. The van der Waals surface area contributed by atoms with Crippen molar-refractivity contribution in [2.24, 2.45) is 0 Å². The van der Waals surface area contributed by atoms with Gasteiger partial charge in [0.15, 0.2) is 0 Å². The van der Waals surface area contributed by atoms with Crippen LogP contribution in [0.1, 0.15) is 21.5 Å². The zero-order chi connectivity index (χ0) is 25.3. The van der Waals surface area contributed by atoms with Crippen LogP contribution in [0.2, 0.25) is 5.02 Å². The van der Waals surface area contributed by atoms with Gasteiger partial charge in [0.25, 0.3) is 17.7 Å². The largest absolute Gasteiger partial charge is 0.495 e. The molecule has 1 aliphatic rings. The van der Waals surface area contributed by atoms with E-state index >= 15 is 0 Å². The van der Waals surface area contributed by atoms with E-state index < -0.39 is 17.7 Å². The molecule has 0 fully saturated rings. The molecule has 1 heterocycles. The Morgan fingerprint density at radius 1 is 0.914 bits per heavy atom. The van der Waals surface area contributed by atoms with Crippen LogP contribution in [0.25, 0.3) is 0 Å². The van der Waals surface area contributed by atoms with E-state index in [2.05, 4.69) is 10.6 Å². The number of hydrogen-bond acceptors (Lipinski definition) is 5. The Bertz CT molecular complexity index is 1380. The van der Waals surface area contributed by atoms with Gasteiger partial charge >= 0.3 is 0 Å². The van der Waals surface area contributed by atoms with Crippen LogP contribution in [0, 0.1) is 13.8 Å². The molecule has 3 aromatic rings. The number of aryl methyl sites for hydroxylation is 2. The van der Waals surface area contributed by atoms with Crippen LogP contribution in [-0.4, -0.2) is 24.8 Å². The topological polar surface area (TPSA) is 87.7 Å². The maximum Gasteiger partial charge on any atom is 0.283 e. The van der Waals surface area contributed by atoms with Gasteiger partial charge in [-0.05, 0) is 73.5 Å². The quantitative estimate of drug-likeness (QED) is 0.419. The first-order chi connectivity index (χ1) is 16.7. The van der Waals surface area contributed by atoms with E-state index in [-0.39, 0.29) is 10.7 Å². The molecule has 3 aromatic carbocycles. The number of hydrogen-bond donors (Lipinski definition) is 2. The van der Waals surface area contributed by atoms with E-state index in [4.69, 9.17) is 27.9 Å². The van der Waals surface area contributed by atoms with Crippen LogP contribution in [0.3, 0.4) is 0 Å². The van der Waals surface area contributed by atoms with Crippen molar-refractivity contribution in [1.82, 2.24) is 0 Å². The number of methoxy groups -OCH3 is 1. The fourth-order valence-corrected chi connectivity index (χ4v) is 4.17. The van der Waals surface area contributed by atoms with Crippen molar-refractivity contribution in [2.45, 2.75) is 13.8 Å². The summed E-state index contributed by atoms with van der Waals surface area (Å²) in [5.74, 6) is -1.16. The van der Waals surface area contributed by atoms with Crippen LogP contribution in [0.15, 0.2) is 71.4 Å². The minimum Gasteiger partial charge on any atom is -0.495 e. The van der Waals surface area contributed by atoms with Crippen molar-refractivity contribution >= 4 is 58.0 Å². The summed E-state index contributed by atoms with van der Waals surface area (Å²) < 4.78 is 5.26. The summed E-state index contributed by atoms with van der Waals surface area (Å²) in [6.07, 6.45) is 0. The van der Waals surface area contributed by atoms with Crippen molar-refractivity contribution in [3.63, 3.8) is 0 Å². The molecule has 0 bridgehead atoms. The van der Waals surface area contributed by atoms with Crippen molar-refractivity contribution in [3.8, 4) is 5.75 Å². The lowest BCUT2D eigenvalue weighted by atomic mass is 10.1. The molecule has 0 saturated heterocycles. The lowest BCUT2D eigenvalue weighted by Crippen LogP contribution is -2.32. The number of amides is 3. The fraction of sp³-hybridized carbons (Fsp3) is 0.115. The molecule has 0 radical (unpaired) electrons. The highest BCUT2D eigenvalue weighted by Gasteiger charge is 2.39. The number of carbonyl (C=O) groups excluding carboxylic acids is 3. The summed E-state index contributed by atoms with van der Waals surface area (Å²) in [6, 6.07) is 16.8. The van der Waals surface area contributed by atoms with Gasteiger partial charge in [0.2, 0.25) is 0 Å².